The van der Waals surface area contributed by atoms with Gasteiger partial charge in [0.1, 0.15) is 11.4 Å². The van der Waals surface area contributed by atoms with E-state index in [0.29, 0.717) is 22.2 Å². The Morgan fingerprint density at radius 2 is 2.00 bits per heavy atom. The van der Waals surface area contributed by atoms with Crippen LogP contribution >= 0.6 is 11.6 Å². The Morgan fingerprint density at radius 3 is 2.65 bits per heavy atom. The molecule has 0 saturated carbocycles. The van der Waals surface area contributed by atoms with E-state index < -0.39 is 11.5 Å². The Balaban J connectivity index is 2.38. The maximum Gasteiger partial charge on any atom is 0.264 e. The predicted molar refractivity (Wildman–Crippen MR) is 78.5 cm³/mol. The summed E-state index contributed by atoms with van der Waals surface area (Å²) < 4.78 is 0. The smallest absolute Gasteiger partial charge is 0.264 e. The number of nitrogens with zero attached hydrogens (tertiary/aromatic N) is 1. The van der Waals surface area contributed by atoms with Crippen LogP contribution in [0.4, 0.5) is 5.69 Å². The number of carbonyl (C=O) groups excluding carboxylic acids is 1. The Labute approximate surface area is 121 Å². The molecular formula is C14H14ClN3O2. The maximum absolute atomic E-state index is 12.2. The summed E-state index contributed by atoms with van der Waals surface area (Å²) in [7, 11) is 0. The predicted octanol–water partition coefficient (Wildman–Crippen LogP) is 2.60. The Bertz CT molecular complexity index is 738. The van der Waals surface area contributed by atoms with Crippen molar-refractivity contribution in [3.8, 4) is 0 Å². The molecule has 5 nitrogen and oxygen atoms in total. The summed E-state index contributed by atoms with van der Waals surface area (Å²) in [4.78, 5) is 30.7. The number of hydrogen-bond donors (Lipinski definition) is 2. The fourth-order valence-electron chi connectivity index (χ4n) is 1.91. The number of halogens is 1. The van der Waals surface area contributed by atoms with E-state index >= 15 is 0 Å². The van der Waals surface area contributed by atoms with Gasteiger partial charge in [0.15, 0.2) is 0 Å². The SMILES string of the molecule is Cc1nc(C)c(C(=O)Nc2cc(Cl)ccc2C)c(=O)[nH]1. The molecule has 0 aliphatic heterocycles. The summed E-state index contributed by atoms with van der Waals surface area (Å²) in [5.41, 5.74) is 1.38. The standard InChI is InChI=1S/C14H14ClN3O2/c1-7-4-5-10(15)6-11(7)18-14(20)12-8(2)16-9(3)17-13(12)19/h4-6H,1-3H3,(H,18,20)(H,16,17,19). The van der Waals surface area contributed by atoms with Crippen molar-refractivity contribution >= 4 is 23.2 Å². The van der Waals surface area contributed by atoms with Crippen molar-refractivity contribution in [2.45, 2.75) is 20.8 Å². The first-order valence-corrected chi connectivity index (χ1v) is 6.41. The summed E-state index contributed by atoms with van der Waals surface area (Å²) in [6.45, 7) is 5.13. The van der Waals surface area contributed by atoms with Crippen molar-refractivity contribution in [1.82, 2.24) is 9.97 Å². The number of rotatable bonds is 2. The van der Waals surface area contributed by atoms with Crippen LogP contribution in [0.2, 0.25) is 5.02 Å². The van der Waals surface area contributed by atoms with Crippen LogP contribution in [0.3, 0.4) is 0 Å². The van der Waals surface area contributed by atoms with Crippen LogP contribution in [0.1, 0.15) is 27.4 Å². The van der Waals surface area contributed by atoms with Crippen LogP contribution in [-0.2, 0) is 0 Å². The normalized spacial score (nSPS) is 10.4. The van der Waals surface area contributed by atoms with Gasteiger partial charge in [-0.05, 0) is 38.5 Å². The number of carbonyl (C=O) groups is 1. The zero-order valence-electron chi connectivity index (χ0n) is 11.4. The highest BCUT2D eigenvalue weighted by atomic mass is 35.5. The molecule has 6 heteroatoms. The average molecular weight is 292 g/mol. The number of aromatic nitrogens is 2. The molecule has 0 radical (unpaired) electrons. The molecule has 2 rings (SSSR count). The monoisotopic (exact) mass is 291 g/mol. The van der Waals surface area contributed by atoms with Gasteiger partial charge in [-0.15, -0.1) is 0 Å². The van der Waals surface area contributed by atoms with Gasteiger partial charge in [-0.25, -0.2) is 4.98 Å². The van der Waals surface area contributed by atoms with E-state index in [9.17, 15) is 9.59 Å². The van der Waals surface area contributed by atoms with Crippen molar-refractivity contribution in [3.05, 3.63) is 56.2 Å². The van der Waals surface area contributed by atoms with Gasteiger partial charge in [-0.3, -0.25) is 9.59 Å². The number of benzene rings is 1. The van der Waals surface area contributed by atoms with Crippen molar-refractivity contribution in [2.75, 3.05) is 5.32 Å². The summed E-state index contributed by atoms with van der Waals surface area (Å²) in [5.74, 6) is -0.0235. The van der Waals surface area contributed by atoms with Gasteiger partial charge in [0, 0.05) is 10.7 Å². The molecular weight excluding hydrogens is 278 g/mol. The highest BCUT2D eigenvalue weighted by Crippen LogP contribution is 2.20. The quantitative estimate of drug-likeness (QED) is 0.893. The summed E-state index contributed by atoms with van der Waals surface area (Å²) in [5, 5.41) is 3.20. The summed E-state index contributed by atoms with van der Waals surface area (Å²) in [6.07, 6.45) is 0. The number of H-pyrrole nitrogens is 1. The maximum atomic E-state index is 12.2. The molecule has 1 amide bonds. The van der Waals surface area contributed by atoms with E-state index in [-0.39, 0.29) is 5.56 Å². The van der Waals surface area contributed by atoms with E-state index in [1.165, 1.54) is 0 Å². The van der Waals surface area contributed by atoms with Gasteiger partial charge in [0.05, 0.1) is 5.69 Å². The first-order chi connectivity index (χ1) is 9.38. The van der Waals surface area contributed by atoms with Gasteiger partial charge >= 0.3 is 0 Å². The molecule has 0 spiro atoms. The minimum atomic E-state index is -0.499. The zero-order valence-corrected chi connectivity index (χ0v) is 12.1. The first-order valence-electron chi connectivity index (χ1n) is 6.03. The van der Waals surface area contributed by atoms with E-state index in [1.807, 2.05) is 6.92 Å². The van der Waals surface area contributed by atoms with E-state index in [0.717, 1.165) is 5.56 Å². The number of nitrogens with one attached hydrogen (secondary N) is 2. The number of amides is 1. The van der Waals surface area contributed by atoms with Crippen molar-refractivity contribution < 1.29 is 4.79 Å². The second kappa shape index (κ2) is 5.46. The van der Waals surface area contributed by atoms with Crippen LogP contribution < -0.4 is 10.9 Å². The number of aromatic amines is 1. The van der Waals surface area contributed by atoms with Crippen molar-refractivity contribution in [3.63, 3.8) is 0 Å². The van der Waals surface area contributed by atoms with Gasteiger partial charge in [-0.1, -0.05) is 17.7 Å². The molecule has 104 valence electrons. The van der Waals surface area contributed by atoms with E-state index in [4.69, 9.17) is 11.6 Å². The van der Waals surface area contributed by atoms with Gasteiger partial charge in [-0.2, -0.15) is 0 Å². The summed E-state index contributed by atoms with van der Waals surface area (Å²) >= 11 is 5.90. The molecule has 2 aromatic rings. The minimum Gasteiger partial charge on any atom is -0.321 e. The van der Waals surface area contributed by atoms with Crippen molar-refractivity contribution in [1.29, 1.82) is 0 Å². The van der Waals surface area contributed by atoms with E-state index in [2.05, 4.69) is 15.3 Å². The lowest BCUT2D eigenvalue weighted by Crippen LogP contribution is -2.26. The zero-order chi connectivity index (χ0) is 14.9. The average Bonchev–Trinajstić information content (AvgIpc) is 2.32. The lowest BCUT2D eigenvalue weighted by Gasteiger charge is -2.09. The van der Waals surface area contributed by atoms with Crippen LogP contribution in [0, 0.1) is 20.8 Å². The Hall–Kier alpha value is -2.14. The molecule has 1 aromatic heterocycles. The van der Waals surface area contributed by atoms with E-state index in [1.54, 1.807) is 32.0 Å². The number of hydrogen-bond acceptors (Lipinski definition) is 3. The molecule has 0 unspecified atom stereocenters. The lowest BCUT2D eigenvalue weighted by atomic mass is 10.1. The molecule has 0 aliphatic carbocycles. The molecule has 0 bridgehead atoms. The molecule has 0 atom stereocenters. The fourth-order valence-corrected chi connectivity index (χ4v) is 2.08. The third-order valence-corrected chi connectivity index (χ3v) is 3.13. The van der Waals surface area contributed by atoms with Crippen LogP contribution in [0.25, 0.3) is 0 Å². The van der Waals surface area contributed by atoms with Gasteiger partial charge < -0.3 is 10.3 Å². The topological polar surface area (TPSA) is 74.8 Å². The Kier molecular flexibility index (Phi) is 3.90. The molecule has 0 saturated heterocycles. The molecule has 1 heterocycles. The van der Waals surface area contributed by atoms with Gasteiger partial charge in [0.2, 0.25) is 0 Å². The van der Waals surface area contributed by atoms with Crippen LogP contribution in [0.5, 0.6) is 0 Å². The van der Waals surface area contributed by atoms with Crippen LogP contribution in [-0.4, -0.2) is 15.9 Å². The second-order valence-corrected chi connectivity index (χ2v) is 4.96. The summed E-state index contributed by atoms with van der Waals surface area (Å²) in [6, 6.07) is 5.17. The third kappa shape index (κ3) is 2.88. The number of aryl methyl sites for hydroxylation is 3. The van der Waals surface area contributed by atoms with Crippen molar-refractivity contribution in [2.24, 2.45) is 0 Å². The van der Waals surface area contributed by atoms with Gasteiger partial charge in [0.25, 0.3) is 11.5 Å². The number of anilines is 1. The first kappa shape index (κ1) is 14.3. The molecule has 0 aliphatic rings. The largest absolute Gasteiger partial charge is 0.321 e. The lowest BCUT2D eigenvalue weighted by molar-refractivity contribution is 0.102. The molecule has 1 aromatic carbocycles. The molecule has 20 heavy (non-hydrogen) atoms. The minimum absolute atomic E-state index is 0.00924. The molecule has 2 N–H and O–H groups in total. The Morgan fingerprint density at radius 1 is 1.30 bits per heavy atom. The molecule has 0 fully saturated rings. The highest BCUT2D eigenvalue weighted by Gasteiger charge is 2.16. The van der Waals surface area contributed by atoms with Crippen LogP contribution in [0.15, 0.2) is 23.0 Å². The third-order valence-electron chi connectivity index (χ3n) is 2.89. The fraction of sp³-hybridized carbons (Fsp3) is 0.214. The highest BCUT2D eigenvalue weighted by molar-refractivity contribution is 6.31. The second-order valence-electron chi connectivity index (χ2n) is 4.53.